The van der Waals surface area contributed by atoms with Crippen LogP contribution in [0.4, 0.5) is 10.1 Å². The molecule has 3 nitrogen and oxygen atoms in total. The van der Waals surface area contributed by atoms with Crippen LogP contribution in [-0.2, 0) is 0 Å². The lowest BCUT2D eigenvalue weighted by Crippen LogP contribution is -2.34. The van der Waals surface area contributed by atoms with Crippen molar-refractivity contribution in [3.05, 3.63) is 78.1 Å². The topological polar surface area (TPSA) is 41.1 Å². The maximum absolute atomic E-state index is 13.6. The third-order valence-electron chi connectivity index (χ3n) is 3.35. The summed E-state index contributed by atoms with van der Waals surface area (Å²) >= 11 is 5.11. The number of fused-ring (bicyclic) bond motifs is 1. The van der Waals surface area contributed by atoms with E-state index in [-0.39, 0.29) is 10.7 Å². The van der Waals surface area contributed by atoms with Crippen LogP contribution in [0.3, 0.4) is 0 Å². The lowest BCUT2D eigenvalue weighted by molar-refractivity contribution is 0.0974. The first kappa shape index (κ1) is 15.1. The van der Waals surface area contributed by atoms with Crippen LogP contribution in [0.2, 0.25) is 0 Å². The summed E-state index contributed by atoms with van der Waals surface area (Å²) in [5.74, 6) is -1.17. The van der Waals surface area contributed by atoms with E-state index < -0.39 is 11.7 Å². The molecule has 114 valence electrons. The molecule has 3 aromatic carbocycles. The highest BCUT2D eigenvalue weighted by Crippen LogP contribution is 2.18. The number of halogens is 1. The molecule has 0 heterocycles. The summed E-state index contributed by atoms with van der Waals surface area (Å²) in [6, 6.07) is 19.4. The van der Waals surface area contributed by atoms with Crippen molar-refractivity contribution in [2.45, 2.75) is 0 Å². The highest BCUT2D eigenvalue weighted by atomic mass is 32.1. The van der Waals surface area contributed by atoms with Gasteiger partial charge in [0.2, 0.25) is 0 Å². The zero-order valence-electron chi connectivity index (χ0n) is 12.0. The third-order valence-corrected chi connectivity index (χ3v) is 3.56. The Labute approximate surface area is 138 Å². The number of hydrogen-bond acceptors (Lipinski definition) is 2. The summed E-state index contributed by atoms with van der Waals surface area (Å²) in [5.41, 5.74) is 0.706. The quantitative estimate of drug-likeness (QED) is 0.697. The van der Waals surface area contributed by atoms with Crippen LogP contribution in [0.1, 0.15) is 10.4 Å². The zero-order chi connectivity index (χ0) is 16.2. The average Bonchev–Trinajstić information content (AvgIpc) is 2.55. The molecule has 0 saturated carbocycles. The molecule has 0 saturated heterocycles. The fourth-order valence-electron chi connectivity index (χ4n) is 2.25. The minimum Gasteiger partial charge on any atom is -0.332 e. The van der Waals surface area contributed by atoms with Crippen molar-refractivity contribution in [3.63, 3.8) is 0 Å². The van der Waals surface area contributed by atoms with Crippen LogP contribution >= 0.6 is 12.2 Å². The molecule has 0 bridgehead atoms. The molecule has 3 rings (SSSR count). The highest BCUT2D eigenvalue weighted by Gasteiger charge is 2.12. The Hall–Kier alpha value is -2.79. The summed E-state index contributed by atoms with van der Waals surface area (Å²) in [4.78, 5) is 12.0. The first-order valence-corrected chi connectivity index (χ1v) is 7.40. The fraction of sp³-hybridized carbons (Fsp3) is 0. The van der Waals surface area contributed by atoms with E-state index in [1.165, 1.54) is 18.2 Å². The third kappa shape index (κ3) is 3.52. The molecule has 0 aliphatic heterocycles. The van der Waals surface area contributed by atoms with Crippen LogP contribution < -0.4 is 10.6 Å². The smallest absolute Gasteiger partial charge is 0.260 e. The van der Waals surface area contributed by atoms with Gasteiger partial charge in [-0.15, -0.1) is 0 Å². The Morgan fingerprint density at radius 3 is 2.39 bits per heavy atom. The van der Waals surface area contributed by atoms with Gasteiger partial charge in [0.25, 0.3) is 5.91 Å². The molecule has 2 N–H and O–H groups in total. The first-order chi connectivity index (χ1) is 11.1. The molecule has 0 aliphatic carbocycles. The van der Waals surface area contributed by atoms with Gasteiger partial charge in [-0.1, -0.05) is 42.5 Å². The predicted octanol–water partition coefficient (Wildman–Crippen LogP) is 4.11. The van der Waals surface area contributed by atoms with Crippen LogP contribution in [0.5, 0.6) is 0 Å². The number of benzene rings is 3. The standard InChI is InChI=1S/C18H13FN2OS/c19-16-8-4-3-7-15(16)17(22)21-18(23)20-14-10-9-12-5-1-2-6-13(12)11-14/h1-11H,(H2,20,21,22,23). The molecular weight excluding hydrogens is 311 g/mol. The summed E-state index contributed by atoms with van der Waals surface area (Å²) < 4.78 is 13.6. The second-order valence-electron chi connectivity index (χ2n) is 4.95. The Morgan fingerprint density at radius 2 is 1.61 bits per heavy atom. The van der Waals surface area contributed by atoms with Crippen molar-refractivity contribution in [1.82, 2.24) is 5.32 Å². The number of hydrogen-bond donors (Lipinski definition) is 2. The molecule has 0 aliphatic rings. The largest absolute Gasteiger partial charge is 0.332 e. The lowest BCUT2D eigenvalue weighted by Gasteiger charge is -2.10. The van der Waals surface area contributed by atoms with Crippen molar-refractivity contribution in [2.75, 3.05) is 5.32 Å². The van der Waals surface area contributed by atoms with Gasteiger partial charge in [0.1, 0.15) is 5.82 Å². The number of nitrogens with one attached hydrogen (secondary N) is 2. The lowest BCUT2D eigenvalue weighted by atomic mass is 10.1. The zero-order valence-corrected chi connectivity index (χ0v) is 12.9. The van der Waals surface area contributed by atoms with Gasteiger partial charge < -0.3 is 5.32 Å². The number of amides is 1. The number of rotatable bonds is 2. The molecule has 23 heavy (non-hydrogen) atoms. The van der Waals surface area contributed by atoms with E-state index in [9.17, 15) is 9.18 Å². The summed E-state index contributed by atoms with van der Waals surface area (Å²) in [7, 11) is 0. The van der Waals surface area contributed by atoms with Crippen molar-refractivity contribution in [3.8, 4) is 0 Å². The summed E-state index contributed by atoms with van der Waals surface area (Å²) in [6.45, 7) is 0. The van der Waals surface area contributed by atoms with E-state index in [1.54, 1.807) is 6.07 Å². The Bertz CT molecular complexity index is 895. The van der Waals surface area contributed by atoms with Crippen molar-refractivity contribution in [1.29, 1.82) is 0 Å². The summed E-state index contributed by atoms with van der Waals surface area (Å²) in [5, 5.41) is 7.69. The SMILES string of the molecule is O=C(NC(=S)Nc1ccc2ccccc2c1)c1ccccc1F. The van der Waals surface area contributed by atoms with Gasteiger partial charge in [0.05, 0.1) is 5.56 Å². The van der Waals surface area contributed by atoms with E-state index >= 15 is 0 Å². The Kier molecular flexibility index (Phi) is 4.30. The van der Waals surface area contributed by atoms with Crippen LogP contribution in [0.25, 0.3) is 10.8 Å². The minimum atomic E-state index is -0.585. The van der Waals surface area contributed by atoms with Crippen molar-refractivity contribution >= 4 is 39.7 Å². The van der Waals surface area contributed by atoms with Crippen molar-refractivity contribution in [2.24, 2.45) is 0 Å². The molecular formula is C18H13FN2OS. The van der Waals surface area contributed by atoms with Crippen LogP contribution in [0.15, 0.2) is 66.7 Å². The predicted molar refractivity (Wildman–Crippen MR) is 94.0 cm³/mol. The van der Waals surface area contributed by atoms with E-state index in [4.69, 9.17) is 12.2 Å². The van der Waals surface area contributed by atoms with E-state index in [1.807, 2.05) is 42.5 Å². The maximum Gasteiger partial charge on any atom is 0.260 e. The minimum absolute atomic E-state index is 0.0461. The molecule has 0 aromatic heterocycles. The van der Waals surface area contributed by atoms with Gasteiger partial charge in [-0.3, -0.25) is 10.1 Å². The molecule has 0 spiro atoms. The van der Waals surface area contributed by atoms with Gasteiger partial charge in [0, 0.05) is 5.69 Å². The molecule has 0 atom stereocenters. The van der Waals surface area contributed by atoms with E-state index in [0.29, 0.717) is 0 Å². The molecule has 0 fully saturated rings. The molecule has 5 heteroatoms. The van der Waals surface area contributed by atoms with Crippen molar-refractivity contribution < 1.29 is 9.18 Å². The fourth-order valence-corrected chi connectivity index (χ4v) is 2.46. The van der Waals surface area contributed by atoms with Gasteiger partial charge >= 0.3 is 0 Å². The van der Waals surface area contributed by atoms with E-state index in [2.05, 4.69) is 10.6 Å². The van der Waals surface area contributed by atoms with Gasteiger partial charge in [-0.05, 0) is 47.3 Å². The normalized spacial score (nSPS) is 10.3. The average molecular weight is 324 g/mol. The monoisotopic (exact) mass is 324 g/mol. The number of carbonyl (C=O) groups is 1. The number of thiocarbonyl (C=S) groups is 1. The molecule has 3 aromatic rings. The second-order valence-corrected chi connectivity index (χ2v) is 5.36. The summed E-state index contributed by atoms with van der Waals surface area (Å²) in [6.07, 6.45) is 0. The maximum atomic E-state index is 13.6. The van der Waals surface area contributed by atoms with E-state index in [0.717, 1.165) is 16.5 Å². The van der Waals surface area contributed by atoms with Crippen LogP contribution in [-0.4, -0.2) is 11.0 Å². The Balaban J connectivity index is 1.71. The van der Waals surface area contributed by atoms with Gasteiger partial charge in [-0.25, -0.2) is 4.39 Å². The molecule has 1 amide bonds. The number of carbonyl (C=O) groups excluding carboxylic acids is 1. The molecule has 0 radical (unpaired) electrons. The molecule has 0 unspecified atom stereocenters. The highest BCUT2D eigenvalue weighted by molar-refractivity contribution is 7.80. The number of anilines is 1. The Morgan fingerprint density at radius 1 is 0.913 bits per heavy atom. The van der Waals surface area contributed by atoms with Gasteiger partial charge in [-0.2, -0.15) is 0 Å². The van der Waals surface area contributed by atoms with Crippen LogP contribution in [0, 0.1) is 5.82 Å². The second kappa shape index (κ2) is 6.54. The first-order valence-electron chi connectivity index (χ1n) is 6.99. The van der Waals surface area contributed by atoms with Gasteiger partial charge in [0.15, 0.2) is 5.11 Å².